The zero-order valence-electron chi connectivity index (χ0n) is 13.9. The molecule has 0 saturated heterocycles. The summed E-state index contributed by atoms with van der Waals surface area (Å²) in [4.78, 5) is 0. The first-order valence-electron chi connectivity index (χ1n) is 8.47. The standard InChI is InChI=1S/C20H20F4O/c1-13-2-7-16(8-3-13)20(23,24)25-17-9-4-14(5-10-17)15-6-11-18(21)19(22)12-15/h4-6,9-13,16H,2-3,7-8H2,1H3. The van der Waals surface area contributed by atoms with E-state index in [0.717, 1.165) is 25.0 Å². The first-order valence-corrected chi connectivity index (χ1v) is 8.47. The smallest absolute Gasteiger partial charge is 0.400 e. The second-order valence-electron chi connectivity index (χ2n) is 6.77. The van der Waals surface area contributed by atoms with Crippen molar-refractivity contribution in [2.45, 2.75) is 38.7 Å². The summed E-state index contributed by atoms with van der Waals surface area (Å²) in [5.41, 5.74) is 1.07. The highest BCUT2D eigenvalue weighted by Gasteiger charge is 2.43. The van der Waals surface area contributed by atoms with Gasteiger partial charge in [0.25, 0.3) is 0 Å². The maximum absolute atomic E-state index is 14.3. The summed E-state index contributed by atoms with van der Waals surface area (Å²) < 4.78 is 59.9. The van der Waals surface area contributed by atoms with E-state index >= 15 is 0 Å². The van der Waals surface area contributed by atoms with E-state index in [1.54, 1.807) is 12.1 Å². The molecular weight excluding hydrogens is 332 g/mol. The molecule has 1 fully saturated rings. The van der Waals surface area contributed by atoms with Crippen LogP contribution in [0.3, 0.4) is 0 Å². The molecule has 25 heavy (non-hydrogen) atoms. The van der Waals surface area contributed by atoms with E-state index < -0.39 is 23.7 Å². The van der Waals surface area contributed by atoms with Crippen molar-refractivity contribution >= 4 is 0 Å². The van der Waals surface area contributed by atoms with Crippen LogP contribution < -0.4 is 4.74 Å². The number of ether oxygens (including phenoxy) is 1. The molecule has 0 aromatic heterocycles. The van der Waals surface area contributed by atoms with Crippen molar-refractivity contribution in [1.82, 2.24) is 0 Å². The van der Waals surface area contributed by atoms with Crippen LogP contribution in [0.4, 0.5) is 17.6 Å². The molecule has 0 heterocycles. The Hall–Kier alpha value is -2.04. The fraction of sp³-hybridized carbons (Fsp3) is 0.400. The molecule has 2 aromatic rings. The van der Waals surface area contributed by atoms with E-state index in [9.17, 15) is 17.6 Å². The highest BCUT2D eigenvalue weighted by molar-refractivity contribution is 5.64. The zero-order valence-corrected chi connectivity index (χ0v) is 13.9. The fourth-order valence-corrected chi connectivity index (χ4v) is 3.23. The highest BCUT2D eigenvalue weighted by atomic mass is 19.3. The minimum atomic E-state index is -3.20. The second kappa shape index (κ2) is 7.06. The Morgan fingerprint density at radius 3 is 2.04 bits per heavy atom. The van der Waals surface area contributed by atoms with Crippen LogP contribution in [0, 0.1) is 23.5 Å². The van der Waals surface area contributed by atoms with Crippen molar-refractivity contribution < 1.29 is 22.3 Å². The molecule has 0 bridgehead atoms. The predicted octanol–water partition coefficient (Wildman–Crippen LogP) is 6.43. The molecule has 1 nitrogen and oxygen atoms in total. The van der Waals surface area contributed by atoms with Crippen LogP contribution in [0.1, 0.15) is 32.6 Å². The lowest BCUT2D eigenvalue weighted by molar-refractivity contribution is -0.223. The van der Waals surface area contributed by atoms with Gasteiger partial charge in [0.05, 0.1) is 5.92 Å². The average Bonchev–Trinajstić information content (AvgIpc) is 2.58. The fourth-order valence-electron chi connectivity index (χ4n) is 3.23. The average molecular weight is 352 g/mol. The highest BCUT2D eigenvalue weighted by Crippen LogP contribution is 2.40. The van der Waals surface area contributed by atoms with Crippen molar-refractivity contribution in [1.29, 1.82) is 0 Å². The molecule has 2 aromatic carbocycles. The minimum Gasteiger partial charge on any atom is -0.432 e. The first kappa shape index (κ1) is 17.8. The summed E-state index contributed by atoms with van der Waals surface area (Å²) >= 11 is 0. The minimum absolute atomic E-state index is 0.0648. The number of hydrogen-bond donors (Lipinski definition) is 0. The molecule has 0 spiro atoms. The molecule has 0 unspecified atom stereocenters. The van der Waals surface area contributed by atoms with Crippen molar-refractivity contribution in [3.63, 3.8) is 0 Å². The van der Waals surface area contributed by atoms with E-state index in [2.05, 4.69) is 6.92 Å². The predicted molar refractivity (Wildman–Crippen MR) is 88.5 cm³/mol. The molecule has 1 aliphatic carbocycles. The first-order chi connectivity index (χ1) is 11.8. The van der Waals surface area contributed by atoms with E-state index in [1.807, 2.05) is 0 Å². The van der Waals surface area contributed by atoms with Crippen molar-refractivity contribution in [2.24, 2.45) is 11.8 Å². The number of benzene rings is 2. The van der Waals surface area contributed by atoms with Crippen LogP contribution in [0.2, 0.25) is 0 Å². The molecule has 1 aliphatic rings. The van der Waals surface area contributed by atoms with E-state index in [1.165, 1.54) is 18.2 Å². The van der Waals surface area contributed by atoms with Gasteiger partial charge in [-0.2, -0.15) is 8.78 Å². The summed E-state index contributed by atoms with van der Waals surface area (Å²) in [6.45, 7) is 2.08. The van der Waals surface area contributed by atoms with Gasteiger partial charge in [0.1, 0.15) is 5.75 Å². The van der Waals surface area contributed by atoms with Crippen molar-refractivity contribution in [3.05, 3.63) is 54.1 Å². The van der Waals surface area contributed by atoms with Crippen LogP contribution in [0.5, 0.6) is 5.75 Å². The van der Waals surface area contributed by atoms with Gasteiger partial charge in [-0.25, -0.2) is 8.78 Å². The van der Waals surface area contributed by atoms with Gasteiger partial charge in [0.2, 0.25) is 0 Å². The van der Waals surface area contributed by atoms with Crippen molar-refractivity contribution in [3.8, 4) is 16.9 Å². The monoisotopic (exact) mass is 352 g/mol. The lowest BCUT2D eigenvalue weighted by atomic mass is 9.82. The summed E-state index contributed by atoms with van der Waals surface area (Å²) in [6, 6.07) is 9.51. The molecule has 0 radical (unpaired) electrons. The lowest BCUT2D eigenvalue weighted by Gasteiger charge is -2.32. The summed E-state index contributed by atoms with van der Waals surface area (Å²) in [7, 11) is 0. The van der Waals surface area contributed by atoms with Gasteiger partial charge in [-0.15, -0.1) is 0 Å². The third-order valence-corrected chi connectivity index (χ3v) is 4.85. The number of rotatable bonds is 4. The number of halogens is 4. The third kappa shape index (κ3) is 4.14. The van der Waals surface area contributed by atoms with Crippen LogP contribution in [0.15, 0.2) is 42.5 Å². The molecule has 0 amide bonds. The molecule has 134 valence electrons. The molecule has 0 N–H and O–H groups in total. The Kier molecular flexibility index (Phi) is 5.02. The van der Waals surface area contributed by atoms with Crippen molar-refractivity contribution in [2.75, 3.05) is 0 Å². The van der Waals surface area contributed by atoms with E-state index in [4.69, 9.17) is 4.74 Å². The Balaban J connectivity index is 1.70. The zero-order chi connectivity index (χ0) is 18.0. The summed E-state index contributed by atoms with van der Waals surface area (Å²) in [5, 5.41) is 0. The quantitative estimate of drug-likeness (QED) is 0.576. The molecule has 1 saturated carbocycles. The Labute approximate surface area is 144 Å². The van der Waals surface area contributed by atoms with Crippen LogP contribution >= 0.6 is 0 Å². The van der Waals surface area contributed by atoms with Gasteiger partial charge < -0.3 is 4.74 Å². The Morgan fingerprint density at radius 2 is 1.44 bits per heavy atom. The molecular formula is C20H20F4O. The lowest BCUT2D eigenvalue weighted by Crippen LogP contribution is -2.36. The molecule has 0 aliphatic heterocycles. The normalized spacial score (nSPS) is 21.2. The third-order valence-electron chi connectivity index (χ3n) is 4.85. The van der Waals surface area contributed by atoms with Gasteiger partial charge >= 0.3 is 6.11 Å². The second-order valence-corrected chi connectivity index (χ2v) is 6.77. The molecule has 0 atom stereocenters. The number of alkyl halides is 2. The maximum atomic E-state index is 14.3. The van der Waals surface area contributed by atoms with Crippen LogP contribution in [-0.2, 0) is 0 Å². The van der Waals surface area contributed by atoms with Gasteiger partial charge in [-0.3, -0.25) is 0 Å². The largest absolute Gasteiger partial charge is 0.432 e. The topological polar surface area (TPSA) is 9.23 Å². The summed E-state index contributed by atoms with van der Waals surface area (Å²) in [6.07, 6.45) is -0.705. The SMILES string of the molecule is CC1CCC(C(F)(F)Oc2ccc(-c3ccc(F)c(F)c3)cc2)CC1. The van der Waals surface area contributed by atoms with Gasteiger partial charge in [0, 0.05) is 0 Å². The van der Waals surface area contributed by atoms with Gasteiger partial charge in [-0.1, -0.05) is 38.0 Å². The Morgan fingerprint density at radius 1 is 0.840 bits per heavy atom. The van der Waals surface area contributed by atoms with Crippen LogP contribution in [-0.4, -0.2) is 6.11 Å². The van der Waals surface area contributed by atoms with E-state index in [0.29, 0.717) is 29.9 Å². The Bertz CT molecular complexity index is 719. The maximum Gasteiger partial charge on any atom is 0.400 e. The van der Waals surface area contributed by atoms with Gasteiger partial charge in [0.15, 0.2) is 11.6 Å². The number of hydrogen-bond acceptors (Lipinski definition) is 1. The molecule has 5 heteroatoms. The summed E-state index contributed by atoms with van der Waals surface area (Å²) in [5.74, 6) is -2.09. The van der Waals surface area contributed by atoms with Crippen LogP contribution in [0.25, 0.3) is 11.1 Å². The molecule has 3 rings (SSSR count). The van der Waals surface area contributed by atoms with Gasteiger partial charge in [-0.05, 0) is 54.2 Å². The van der Waals surface area contributed by atoms with E-state index in [-0.39, 0.29) is 5.75 Å².